The molecule has 1 N–H and O–H groups in total. The van der Waals surface area contributed by atoms with Crippen molar-refractivity contribution in [2.45, 2.75) is 66.2 Å². The number of nitrogens with zero attached hydrogens (tertiary/aromatic N) is 3. The lowest BCUT2D eigenvalue weighted by Gasteiger charge is -2.22. The fourth-order valence-electron chi connectivity index (χ4n) is 4.37. The zero-order chi connectivity index (χ0) is 25.9. The van der Waals surface area contributed by atoms with Gasteiger partial charge in [-0.05, 0) is 69.4 Å². The molecule has 200 valence electrons. The van der Waals surface area contributed by atoms with Gasteiger partial charge in [-0.2, -0.15) is 13.5 Å². The molecule has 37 heavy (non-hydrogen) atoms. The predicted octanol–water partition coefficient (Wildman–Crippen LogP) is 6.21. The van der Waals surface area contributed by atoms with Gasteiger partial charge in [0.1, 0.15) is 11.4 Å². The molecule has 5 heterocycles. The van der Waals surface area contributed by atoms with E-state index >= 15 is 0 Å². The van der Waals surface area contributed by atoms with Crippen LogP contribution in [0.2, 0.25) is 0 Å². The molecule has 0 amide bonds. The lowest BCUT2D eigenvalue weighted by molar-refractivity contribution is 0.0616. The average Bonchev–Trinajstić information content (AvgIpc) is 2.91. The van der Waals surface area contributed by atoms with Crippen molar-refractivity contribution in [3.63, 3.8) is 0 Å². The maximum absolute atomic E-state index is 10.2. The molecule has 2 fully saturated rings. The Balaban J connectivity index is 0.000000413. The predicted molar refractivity (Wildman–Crippen MR) is 155 cm³/mol. The molecule has 3 aromatic heterocycles. The lowest BCUT2D eigenvalue weighted by atomic mass is 9.91. The van der Waals surface area contributed by atoms with Gasteiger partial charge in [-0.1, -0.05) is 26.7 Å². The van der Waals surface area contributed by atoms with E-state index in [9.17, 15) is 5.11 Å². The minimum atomic E-state index is 0. The molecule has 0 bridgehead atoms. The molecule has 0 radical (unpaired) electrons. The zero-order valence-electron chi connectivity index (χ0n) is 22.8. The molecule has 0 aromatic carbocycles. The minimum absolute atomic E-state index is 0. The number of pyridine rings is 3. The van der Waals surface area contributed by atoms with E-state index in [-0.39, 0.29) is 25.2 Å². The first-order valence-corrected chi connectivity index (χ1v) is 13.1. The second-order valence-electron chi connectivity index (χ2n) is 9.22. The van der Waals surface area contributed by atoms with Crippen LogP contribution in [0.25, 0.3) is 10.8 Å². The second kappa shape index (κ2) is 15.6. The second-order valence-corrected chi connectivity index (χ2v) is 9.22. The molecule has 7 heteroatoms. The summed E-state index contributed by atoms with van der Waals surface area (Å²) in [5, 5.41) is 12.3. The normalized spacial score (nSPS) is 17.2. The van der Waals surface area contributed by atoms with E-state index in [1.807, 2.05) is 46.0 Å². The summed E-state index contributed by atoms with van der Waals surface area (Å²) in [5.41, 5.74) is 4.29. The van der Waals surface area contributed by atoms with E-state index in [1.54, 1.807) is 6.20 Å². The minimum Gasteiger partial charge on any atom is -0.506 e. The molecule has 2 aliphatic heterocycles. The van der Waals surface area contributed by atoms with Gasteiger partial charge in [0.15, 0.2) is 0 Å². The number of fused-ring (bicyclic) bond motifs is 1. The maximum atomic E-state index is 10.2. The first-order valence-electron chi connectivity index (χ1n) is 13.1. The fraction of sp³-hybridized carbons (Fsp3) is 0.500. The summed E-state index contributed by atoms with van der Waals surface area (Å²) in [5.74, 6) is 7.67. The Morgan fingerprint density at radius 2 is 1.62 bits per heavy atom. The average molecular weight is 524 g/mol. The first-order chi connectivity index (χ1) is 17.5. The van der Waals surface area contributed by atoms with Crippen LogP contribution in [0.4, 0.5) is 0 Å². The third-order valence-electron chi connectivity index (χ3n) is 6.40. The van der Waals surface area contributed by atoms with Crippen molar-refractivity contribution in [2.75, 3.05) is 26.4 Å². The monoisotopic (exact) mass is 523 g/mol. The summed E-state index contributed by atoms with van der Waals surface area (Å²) in [6.45, 7) is 13.6. The van der Waals surface area contributed by atoms with Crippen LogP contribution in [0.15, 0.2) is 30.7 Å². The van der Waals surface area contributed by atoms with E-state index < -0.39 is 0 Å². The van der Waals surface area contributed by atoms with Gasteiger partial charge in [-0.25, -0.2) is 4.98 Å². The number of aryl methyl sites for hydroxylation is 2. The summed E-state index contributed by atoms with van der Waals surface area (Å²) < 4.78 is 10.6. The molecule has 2 saturated heterocycles. The Hall–Kier alpha value is -2.66. The smallest absolute Gasteiger partial charge is 0.137 e. The molecule has 1 unspecified atom stereocenters. The Kier molecular flexibility index (Phi) is 12.9. The third-order valence-corrected chi connectivity index (χ3v) is 6.40. The van der Waals surface area contributed by atoms with E-state index in [0.29, 0.717) is 5.69 Å². The van der Waals surface area contributed by atoms with E-state index in [1.165, 1.54) is 19.0 Å². The van der Waals surface area contributed by atoms with Crippen molar-refractivity contribution in [1.29, 1.82) is 0 Å². The van der Waals surface area contributed by atoms with Gasteiger partial charge in [0.25, 0.3) is 0 Å². The number of hydrogen-bond donors (Lipinski definition) is 1. The fourth-order valence-corrected chi connectivity index (χ4v) is 4.37. The lowest BCUT2D eigenvalue weighted by Crippen LogP contribution is -2.14. The number of aromatic hydroxyl groups is 1. The standard InChI is InChI=1S/C22H21N3O2.C6H12O.C2H6.H2S/c1-14-9-19-17(11-24-15(2)21(19)12-23-14)3-4-18-10-20(22(26)13-25-18)16-5-7-27-8-6-16;1-6-3-2-4-7-5-6;1-2;/h9-13,16,26H,5-8H2,1-2H3;6H,2-5H2,1H3;1-2H3;1H2. The van der Waals surface area contributed by atoms with Crippen LogP contribution in [-0.2, 0) is 9.47 Å². The molecule has 0 aliphatic carbocycles. The van der Waals surface area contributed by atoms with Gasteiger partial charge in [0, 0.05) is 66.5 Å². The van der Waals surface area contributed by atoms with Crippen LogP contribution < -0.4 is 0 Å². The SMILES string of the molecule is CC.CC1CCCOC1.Cc1cc2c(C#Cc3cc(C4CCOCC4)c(O)cn3)cnc(C)c2cn1.S. The summed E-state index contributed by atoms with van der Waals surface area (Å²) in [6.07, 6.45) is 9.58. The van der Waals surface area contributed by atoms with Crippen molar-refractivity contribution in [3.8, 4) is 17.6 Å². The third kappa shape index (κ3) is 8.70. The van der Waals surface area contributed by atoms with Crippen LogP contribution in [0, 0.1) is 31.6 Å². The molecular weight excluding hydrogens is 482 g/mol. The van der Waals surface area contributed by atoms with Crippen molar-refractivity contribution in [2.24, 2.45) is 5.92 Å². The molecule has 1 atom stereocenters. The summed E-state index contributed by atoms with van der Waals surface area (Å²) in [6, 6.07) is 3.93. The Morgan fingerprint density at radius 1 is 0.865 bits per heavy atom. The van der Waals surface area contributed by atoms with Gasteiger partial charge in [-0.3, -0.25) is 9.97 Å². The Bertz CT molecular complexity index is 1190. The quantitative estimate of drug-likeness (QED) is 0.382. The van der Waals surface area contributed by atoms with E-state index in [4.69, 9.17) is 9.47 Å². The maximum Gasteiger partial charge on any atom is 0.137 e. The number of hydrogen-bond acceptors (Lipinski definition) is 6. The molecule has 2 aliphatic rings. The van der Waals surface area contributed by atoms with Crippen LogP contribution >= 0.6 is 13.5 Å². The largest absolute Gasteiger partial charge is 0.506 e. The van der Waals surface area contributed by atoms with Gasteiger partial charge in [0.05, 0.1) is 11.8 Å². The summed E-state index contributed by atoms with van der Waals surface area (Å²) in [4.78, 5) is 13.1. The molecule has 6 nitrogen and oxygen atoms in total. The Morgan fingerprint density at radius 3 is 2.27 bits per heavy atom. The highest BCUT2D eigenvalue weighted by molar-refractivity contribution is 7.59. The highest BCUT2D eigenvalue weighted by atomic mass is 32.1. The number of aromatic nitrogens is 3. The van der Waals surface area contributed by atoms with Gasteiger partial charge in [0.2, 0.25) is 0 Å². The van der Waals surface area contributed by atoms with E-state index in [0.717, 1.165) is 78.5 Å². The van der Waals surface area contributed by atoms with E-state index in [2.05, 4.69) is 33.7 Å². The first kappa shape index (κ1) is 30.6. The Labute approximate surface area is 228 Å². The molecular formula is C30H41N3O3S. The molecule has 0 spiro atoms. The molecule has 0 saturated carbocycles. The summed E-state index contributed by atoms with van der Waals surface area (Å²) in [7, 11) is 0. The van der Waals surface area contributed by atoms with Gasteiger partial charge < -0.3 is 14.6 Å². The van der Waals surface area contributed by atoms with Gasteiger partial charge >= 0.3 is 0 Å². The highest BCUT2D eigenvalue weighted by Crippen LogP contribution is 2.32. The molecule has 5 rings (SSSR count). The molecule has 3 aromatic rings. The van der Waals surface area contributed by atoms with Crippen LogP contribution in [0.1, 0.15) is 80.6 Å². The highest BCUT2D eigenvalue weighted by Gasteiger charge is 2.19. The number of ether oxygens (including phenoxy) is 2. The van der Waals surface area contributed by atoms with Crippen LogP contribution in [-0.4, -0.2) is 46.5 Å². The van der Waals surface area contributed by atoms with Crippen molar-refractivity contribution in [3.05, 3.63) is 58.9 Å². The van der Waals surface area contributed by atoms with Crippen molar-refractivity contribution in [1.82, 2.24) is 15.0 Å². The summed E-state index contributed by atoms with van der Waals surface area (Å²) >= 11 is 0. The van der Waals surface area contributed by atoms with Crippen molar-refractivity contribution < 1.29 is 14.6 Å². The van der Waals surface area contributed by atoms with Gasteiger partial charge in [-0.15, -0.1) is 0 Å². The number of rotatable bonds is 1. The van der Waals surface area contributed by atoms with Crippen LogP contribution in [0.5, 0.6) is 5.75 Å². The van der Waals surface area contributed by atoms with Crippen molar-refractivity contribution >= 4 is 24.3 Å². The zero-order valence-corrected chi connectivity index (χ0v) is 23.8. The van der Waals surface area contributed by atoms with Crippen LogP contribution in [0.3, 0.4) is 0 Å². The topological polar surface area (TPSA) is 77.4 Å².